The van der Waals surface area contributed by atoms with Crippen LogP contribution in [0.1, 0.15) is 24.3 Å². The van der Waals surface area contributed by atoms with E-state index in [2.05, 4.69) is 4.98 Å². The van der Waals surface area contributed by atoms with E-state index in [1.165, 1.54) is 25.1 Å². The van der Waals surface area contributed by atoms with Gasteiger partial charge in [0.25, 0.3) is 0 Å². The lowest BCUT2D eigenvalue weighted by Gasteiger charge is -2.09. The van der Waals surface area contributed by atoms with Gasteiger partial charge in [0, 0.05) is 5.56 Å². The first-order valence-electron chi connectivity index (χ1n) is 5.19. The van der Waals surface area contributed by atoms with E-state index >= 15 is 0 Å². The predicted octanol–water partition coefficient (Wildman–Crippen LogP) is 3.41. The third kappa shape index (κ3) is 2.38. The Morgan fingerprint density at radius 2 is 1.94 bits per heavy atom. The minimum absolute atomic E-state index is 0.142. The molecule has 2 aromatic rings. The first kappa shape index (κ1) is 12.6. The standard InChI is InChI=1S/C12H10F3NO2/c1-7(17)10-6-18-11(16-10)8-4-2-3-5-9(8)12(13,14)15/h2-7,17H,1H3. The van der Waals surface area contributed by atoms with Crippen molar-refractivity contribution in [2.45, 2.75) is 19.2 Å². The number of aliphatic hydroxyl groups is 1. The summed E-state index contributed by atoms with van der Waals surface area (Å²) in [5, 5.41) is 9.27. The molecule has 0 amide bonds. The van der Waals surface area contributed by atoms with Gasteiger partial charge in [0.05, 0.1) is 11.7 Å². The lowest BCUT2D eigenvalue weighted by atomic mass is 10.1. The van der Waals surface area contributed by atoms with Crippen LogP contribution in [0.4, 0.5) is 13.2 Å². The predicted molar refractivity (Wildman–Crippen MR) is 57.6 cm³/mol. The lowest BCUT2D eigenvalue weighted by Crippen LogP contribution is -2.07. The van der Waals surface area contributed by atoms with Crippen LogP contribution in [-0.2, 0) is 6.18 Å². The molecule has 1 aromatic heterocycles. The van der Waals surface area contributed by atoms with E-state index in [1.54, 1.807) is 0 Å². The number of rotatable bonds is 2. The molecule has 0 radical (unpaired) electrons. The van der Waals surface area contributed by atoms with E-state index in [9.17, 15) is 18.3 Å². The highest BCUT2D eigenvalue weighted by Crippen LogP contribution is 2.36. The number of halogens is 3. The van der Waals surface area contributed by atoms with Crippen LogP contribution in [0.3, 0.4) is 0 Å². The third-order valence-corrected chi connectivity index (χ3v) is 2.41. The Labute approximate surface area is 101 Å². The first-order chi connectivity index (χ1) is 8.39. The maximum atomic E-state index is 12.8. The van der Waals surface area contributed by atoms with Crippen LogP contribution in [0, 0.1) is 0 Å². The minimum atomic E-state index is -4.48. The molecule has 0 aliphatic heterocycles. The number of aliphatic hydroxyl groups excluding tert-OH is 1. The van der Waals surface area contributed by atoms with Gasteiger partial charge in [0.15, 0.2) is 0 Å². The fourth-order valence-corrected chi connectivity index (χ4v) is 1.52. The van der Waals surface area contributed by atoms with Gasteiger partial charge < -0.3 is 9.52 Å². The Morgan fingerprint density at radius 1 is 1.28 bits per heavy atom. The summed E-state index contributed by atoms with van der Waals surface area (Å²) in [6.07, 6.45) is -4.22. The molecular formula is C12H10F3NO2. The largest absolute Gasteiger partial charge is 0.444 e. The van der Waals surface area contributed by atoms with Crippen molar-refractivity contribution in [3.8, 4) is 11.5 Å². The Morgan fingerprint density at radius 3 is 2.50 bits per heavy atom. The second-order valence-electron chi connectivity index (χ2n) is 3.80. The molecule has 0 aliphatic rings. The third-order valence-electron chi connectivity index (χ3n) is 2.41. The van der Waals surface area contributed by atoms with Crippen LogP contribution < -0.4 is 0 Å². The Bertz CT molecular complexity index is 546. The molecule has 0 spiro atoms. The summed E-state index contributed by atoms with van der Waals surface area (Å²) in [6.45, 7) is 1.46. The van der Waals surface area contributed by atoms with Crippen molar-refractivity contribution in [2.24, 2.45) is 0 Å². The summed E-state index contributed by atoms with van der Waals surface area (Å²) < 4.78 is 43.3. The zero-order valence-electron chi connectivity index (χ0n) is 9.40. The van der Waals surface area contributed by atoms with Gasteiger partial charge in [-0.15, -0.1) is 0 Å². The van der Waals surface area contributed by atoms with Crippen molar-refractivity contribution >= 4 is 0 Å². The molecule has 0 aliphatic carbocycles. The molecule has 3 nitrogen and oxygen atoms in total. The Balaban J connectivity index is 2.50. The fourth-order valence-electron chi connectivity index (χ4n) is 1.52. The number of hydrogen-bond acceptors (Lipinski definition) is 3. The Hall–Kier alpha value is -1.82. The van der Waals surface area contributed by atoms with Crippen molar-refractivity contribution in [3.05, 3.63) is 41.8 Å². The summed E-state index contributed by atoms with van der Waals surface area (Å²) in [7, 11) is 0. The summed E-state index contributed by atoms with van der Waals surface area (Å²) in [5.74, 6) is -0.154. The average Bonchev–Trinajstić information content (AvgIpc) is 2.77. The van der Waals surface area contributed by atoms with E-state index in [4.69, 9.17) is 4.42 Å². The quantitative estimate of drug-likeness (QED) is 0.896. The fraction of sp³-hybridized carbons (Fsp3) is 0.250. The van der Waals surface area contributed by atoms with Gasteiger partial charge in [0.1, 0.15) is 12.0 Å². The second kappa shape index (κ2) is 4.45. The van der Waals surface area contributed by atoms with E-state index in [0.29, 0.717) is 0 Å². The molecular weight excluding hydrogens is 247 g/mol. The number of hydrogen-bond donors (Lipinski definition) is 1. The summed E-state index contributed by atoms with van der Waals surface area (Å²) in [5.41, 5.74) is -0.761. The van der Waals surface area contributed by atoms with E-state index in [1.807, 2.05) is 0 Å². The molecule has 1 atom stereocenters. The summed E-state index contributed by atoms with van der Waals surface area (Å²) >= 11 is 0. The number of aromatic nitrogens is 1. The van der Waals surface area contributed by atoms with Crippen LogP contribution in [0.5, 0.6) is 0 Å². The molecule has 0 saturated carbocycles. The van der Waals surface area contributed by atoms with Gasteiger partial charge in [-0.2, -0.15) is 13.2 Å². The highest BCUT2D eigenvalue weighted by Gasteiger charge is 2.34. The molecule has 1 heterocycles. The maximum absolute atomic E-state index is 12.8. The maximum Gasteiger partial charge on any atom is 0.417 e. The zero-order chi connectivity index (χ0) is 13.3. The summed E-state index contributed by atoms with van der Waals surface area (Å²) in [6, 6.07) is 5.00. The lowest BCUT2D eigenvalue weighted by molar-refractivity contribution is -0.137. The van der Waals surface area contributed by atoms with Crippen molar-refractivity contribution < 1.29 is 22.7 Å². The van der Waals surface area contributed by atoms with Gasteiger partial charge in [-0.1, -0.05) is 12.1 Å². The van der Waals surface area contributed by atoms with E-state index < -0.39 is 17.8 Å². The van der Waals surface area contributed by atoms with Crippen molar-refractivity contribution in [2.75, 3.05) is 0 Å². The average molecular weight is 257 g/mol. The first-order valence-corrected chi connectivity index (χ1v) is 5.19. The zero-order valence-corrected chi connectivity index (χ0v) is 9.40. The van der Waals surface area contributed by atoms with Crippen LogP contribution in [0.15, 0.2) is 34.9 Å². The number of nitrogens with zero attached hydrogens (tertiary/aromatic N) is 1. The highest BCUT2D eigenvalue weighted by molar-refractivity contribution is 5.59. The molecule has 0 fully saturated rings. The molecule has 1 unspecified atom stereocenters. The number of benzene rings is 1. The van der Waals surface area contributed by atoms with Gasteiger partial charge in [-0.3, -0.25) is 0 Å². The van der Waals surface area contributed by atoms with Crippen LogP contribution in [0.2, 0.25) is 0 Å². The molecule has 6 heteroatoms. The summed E-state index contributed by atoms with van der Waals surface area (Å²) in [4.78, 5) is 3.84. The molecule has 0 bridgehead atoms. The monoisotopic (exact) mass is 257 g/mol. The van der Waals surface area contributed by atoms with Crippen molar-refractivity contribution in [3.63, 3.8) is 0 Å². The SMILES string of the molecule is CC(O)c1coc(-c2ccccc2C(F)(F)F)n1. The van der Waals surface area contributed by atoms with Gasteiger partial charge in [-0.05, 0) is 19.1 Å². The van der Waals surface area contributed by atoms with Gasteiger partial charge >= 0.3 is 6.18 Å². The molecule has 2 rings (SSSR count). The van der Waals surface area contributed by atoms with Crippen molar-refractivity contribution in [1.82, 2.24) is 4.98 Å². The molecule has 96 valence electrons. The Kier molecular flexibility index (Phi) is 3.13. The van der Waals surface area contributed by atoms with Gasteiger partial charge in [-0.25, -0.2) is 4.98 Å². The van der Waals surface area contributed by atoms with E-state index in [0.717, 1.165) is 12.3 Å². The topological polar surface area (TPSA) is 46.3 Å². The second-order valence-corrected chi connectivity index (χ2v) is 3.80. The normalized spacial score (nSPS) is 13.6. The minimum Gasteiger partial charge on any atom is -0.444 e. The number of alkyl halides is 3. The smallest absolute Gasteiger partial charge is 0.417 e. The van der Waals surface area contributed by atoms with Gasteiger partial charge in [0.2, 0.25) is 5.89 Å². The van der Waals surface area contributed by atoms with Crippen LogP contribution in [-0.4, -0.2) is 10.1 Å². The van der Waals surface area contributed by atoms with Crippen molar-refractivity contribution in [1.29, 1.82) is 0 Å². The molecule has 0 saturated heterocycles. The molecule has 18 heavy (non-hydrogen) atoms. The molecule has 1 N–H and O–H groups in total. The van der Waals surface area contributed by atoms with E-state index in [-0.39, 0.29) is 17.1 Å². The molecule has 1 aromatic carbocycles. The van der Waals surface area contributed by atoms with Crippen LogP contribution in [0.25, 0.3) is 11.5 Å². The van der Waals surface area contributed by atoms with Crippen LogP contribution >= 0.6 is 0 Å². The number of oxazole rings is 1. The highest BCUT2D eigenvalue weighted by atomic mass is 19.4.